The summed E-state index contributed by atoms with van der Waals surface area (Å²) in [6.45, 7) is 0. The molecule has 1 aromatic rings. The number of thiazole rings is 1. The Balaban J connectivity index is 1.80. The molecule has 1 aliphatic carbocycles. The number of methoxy groups -OCH3 is 1. The van der Waals surface area contributed by atoms with Crippen LogP contribution < -0.4 is 15.4 Å². The molecule has 0 aromatic carbocycles. The van der Waals surface area contributed by atoms with Gasteiger partial charge in [-0.15, -0.1) is 0 Å². The average Bonchev–Trinajstić information content (AvgIpc) is 2.65. The number of nitrogens with zero attached hydrogens (tertiary/aromatic N) is 1. The molecule has 6 heteroatoms. The predicted molar refractivity (Wildman–Crippen MR) is 72.3 cm³/mol. The Bertz CT molecular complexity index is 386. The fraction of sp³-hybridized carbons (Fsp3) is 0.667. The molecule has 0 radical (unpaired) electrons. The first-order chi connectivity index (χ1) is 8.78. The second-order valence-corrected chi connectivity index (χ2v) is 5.47. The van der Waals surface area contributed by atoms with Crippen molar-refractivity contribution in [3.8, 4) is 5.06 Å². The van der Waals surface area contributed by atoms with E-state index in [0.717, 1.165) is 12.8 Å². The predicted octanol–water partition coefficient (Wildman–Crippen LogP) is 3.00. The van der Waals surface area contributed by atoms with Crippen LogP contribution in [0.5, 0.6) is 5.06 Å². The van der Waals surface area contributed by atoms with Crippen molar-refractivity contribution in [1.29, 1.82) is 0 Å². The zero-order valence-corrected chi connectivity index (χ0v) is 11.4. The SMILES string of the molecule is COc1cnc(NC(=O)NC2CCCCCC2)s1. The van der Waals surface area contributed by atoms with Gasteiger partial charge in [-0.05, 0) is 12.8 Å². The van der Waals surface area contributed by atoms with Crippen molar-refractivity contribution in [2.75, 3.05) is 12.4 Å². The van der Waals surface area contributed by atoms with Gasteiger partial charge >= 0.3 is 6.03 Å². The quantitative estimate of drug-likeness (QED) is 0.829. The third-order valence-corrected chi connectivity index (χ3v) is 3.97. The van der Waals surface area contributed by atoms with E-state index in [2.05, 4.69) is 15.6 Å². The van der Waals surface area contributed by atoms with Gasteiger partial charge in [-0.2, -0.15) is 0 Å². The van der Waals surface area contributed by atoms with Gasteiger partial charge in [0.1, 0.15) is 0 Å². The second-order valence-electron chi connectivity index (χ2n) is 4.48. The van der Waals surface area contributed by atoms with Gasteiger partial charge in [0.15, 0.2) is 10.2 Å². The topological polar surface area (TPSA) is 63.2 Å². The van der Waals surface area contributed by atoms with Crippen LogP contribution in [0, 0.1) is 0 Å². The molecule has 1 saturated carbocycles. The standard InChI is InChI=1S/C12H19N3O2S/c1-17-10-8-13-12(18-10)15-11(16)14-9-6-4-2-3-5-7-9/h8-9H,2-7H2,1H3,(H2,13,14,15,16). The van der Waals surface area contributed by atoms with E-state index < -0.39 is 0 Å². The first-order valence-electron chi connectivity index (χ1n) is 6.35. The monoisotopic (exact) mass is 269 g/mol. The highest BCUT2D eigenvalue weighted by Crippen LogP contribution is 2.24. The van der Waals surface area contributed by atoms with Crippen molar-refractivity contribution >= 4 is 22.5 Å². The zero-order valence-electron chi connectivity index (χ0n) is 10.6. The minimum atomic E-state index is -0.168. The number of hydrogen-bond acceptors (Lipinski definition) is 4. The molecule has 1 aromatic heterocycles. The molecular formula is C12H19N3O2S. The Kier molecular flexibility index (Phi) is 4.81. The highest BCUT2D eigenvalue weighted by Gasteiger charge is 2.15. The van der Waals surface area contributed by atoms with Gasteiger partial charge in [0.05, 0.1) is 13.3 Å². The molecule has 2 amide bonds. The van der Waals surface area contributed by atoms with E-state index in [-0.39, 0.29) is 6.03 Å². The molecule has 0 saturated heterocycles. The normalized spacial score (nSPS) is 16.9. The van der Waals surface area contributed by atoms with Crippen LogP contribution in [0.2, 0.25) is 0 Å². The molecule has 1 aliphatic rings. The molecule has 0 atom stereocenters. The highest BCUT2D eigenvalue weighted by atomic mass is 32.1. The third kappa shape index (κ3) is 3.87. The number of amides is 2. The van der Waals surface area contributed by atoms with Crippen molar-refractivity contribution in [3.63, 3.8) is 0 Å². The Morgan fingerprint density at radius 3 is 2.72 bits per heavy atom. The van der Waals surface area contributed by atoms with Crippen LogP contribution in [0.1, 0.15) is 38.5 Å². The summed E-state index contributed by atoms with van der Waals surface area (Å²) in [5.74, 6) is 0. The van der Waals surface area contributed by atoms with Gasteiger partial charge < -0.3 is 10.1 Å². The molecule has 0 bridgehead atoms. The number of aromatic nitrogens is 1. The van der Waals surface area contributed by atoms with Crippen LogP contribution in [-0.4, -0.2) is 24.2 Å². The number of rotatable bonds is 3. The molecule has 1 heterocycles. The zero-order chi connectivity index (χ0) is 12.8. The molecule has 100 valence electrons. The van der Waals surface area contributed by atoms with Crippen LogP contribution in [0.4, 0.5) is 9.93 Å². The lowest BCUT2D eigenvalue weighted by Gasteiger charge is -2.15. The summed E-state index contributed by atoms with van der Waals surface area (Å²) in [4.78, 5) is 15.9. The van der Waals surface area contributed by atoms with Crippen molar-refractivity contribution in [1.82, 2.24) is 10.3 Å². The summed E-state index contributed by atoms with van der Waals surface area (Å²) in [7, 11) is 1.59. The average molecular weight is 269 g/mol. The Morgan fingerprint density at radius 1 is 1.39 bits per heavy atom. The number of anilines is 1. The van der Waals surface area contributed by atoms with Crippen LogP contribution in [-0.2, 0) is 0 Å². The van der Waals surface area contributed by atoms with E-state index in [1.807, 2.05) is 0 Å². The maximum absolute atomic E-state index is 11.8. The molecule has 0 aliphatic heterocycles. The van der Waals surface area contributed by atoms with E-state index in [0.29, 0.717) is 16.2 Å². The van der Waals surface area contributed by atoms with Crippen molar-refractivity contribution < 1.29 is 9.53 Å². The Labute approximate surface area is 111 Å². The minimum Gasteiger partial charge on any atom is -0.486 e. The maximum Gasteiger partial charge on any atom is 0.321 e. The number of hydrogen-bond donors (Lipinski definition) is 2. The number of carbonyl (C=O) groups excluding carboxylic acids is 1. The van der Waals surface area contributed by atoms with Gasteiger partial charge in [-0.3, -0.25) is 5.32 Å². The lowest BCUT2D eigenvalue weighted by Crippen LogP contribution is -2.37. The number of nitrogens with one attached hydrogen (secondary N) is 2. The summed E-state index contributed by atoms with van der Waals surface area (Å²) in [6.07, 6.45) is 8.73. The van der Waals surface area contributed by atoms with Crippen LogP contribution >= 0.6 is 11.3 Å². The summed E-state index contributed by atoms with van der Waals surface area (Å²) in [6, 6.07) is 0.133. The number of urea groups is 1. The summed E-state index contributed by atoms with van der Waals surface area (Å²) >= 11 is 1.32. The fourth-order valence-electron chi connectivity index (χ4n) is 2.15. The van der Waals surface area contributed by atoms with Gasteiger partial charge in [0.25, 0.3) is 0 Å². The van der Waals surface area contributed by atoms with E-state index in [1.165, 1.54) is 37.0 Å². The van der Waals surface area contributed by atoms with Crippen LogP contribution in [0.25, 0.3) is 0 Å². The first kappa shape index (κ1) is 13.1. The third-order valence-electron chi connectivity index (χ3n) is 3.10. The molecule has 2 rings (SSSR count). The lowest BCUT2D eigenvalue weighted by atomic mass is 10.1. The second kappa shape index (κ2) is 6.58. The van der Waals surface area contributed by atoms with Crippen molar-refractivity contribution in [3.05, 3.63) is 6.20 Å². The largest absolute Gasteiger partial charge is 0.486 e. The van der Waals surface area contributed by atoms with Crippen LogP contribution in [0.15, 0.2) is 6.20 Å². The van der Waals surface area contributed by atoms with E-state index in [1.54, 1.807) is 13.3 Å². The smallest absolute Gasteiger partial charge is 0.321 e. The lowest BCUT2D eigenvalue weighted by molar-refractivity contribution is 0.247. The molecule has 18 heavy (non-hydrogen) atoms. The molecule has 1 fully saturated rings. The van der Waals surface area contributed by atoms with Crippen LogP contribution in [0.3, 0.4) is 0 Å². The fourth-order valence-corrected chi connectivity index (χ4v) is 2.78. The van der Waals surface area contributed by atoms with Crippen molar-refractivity contribution in [2.24, 2.45) is 0 Å². The van der Waals surface area contributed by atoms with E-state index in [9.17, 15) is 4.79 Å². The highest BCUT2D eigenvalue weighted by molar-refractivity contribution is 7.17. The minimum absolute atomic E-state index is 0.168. The number of carbonyl (C=O) groups is 1. The number of ether oxygens (including phenoxy) is 1. The summed E-state index contributed by atoms with van der Waals surface area (Å²) in [5, 5.41) is 7.01. The molecule has 0 spiro atoms. The summed E-state index contributed by atoms with van der Waals surface area (Å²) < 4.78 is 5.03. The van der Waals surface area contributed by atoms with E-state index in [4.69, 9.17) is 4.74 Å². The molecular weight excluding hydrogens is 250 g/mol. The van der Waals surface area contributed by atoms with Gasteiger partial charge in [-0.25, -0.2) is 9.78 Å². The van der Waals surface area contributed by atoms with Gasteiger partial charge in [0, 0.05) is 6.04 Å². The molecule has 5 nitrogen and oxygen atoms in total. The molecule has 2 N–H and O–H groups in total. The van der Waals surface area contributed by atoms with E-state index >= 15 is 0 Å². The Morgan fingerprint density at radius 2 is 2.11 bits per heavy atom. The molecule has 0 unspecified atom stereocenters. The Hall–Kier alpha value is -1.30. The summed E-state index contributed by atoms with van der Waals surface area (Å²) in [5.41, 5.74) is 0. The maximum atomic E-state index is 11.8. The van der Waals surface area contributed by atoms with Gasteiger partial charge in [0.2, 0.25) is 0 Å². The first-order valence-corrected chi connectivity index (χ1v) is 7.17. The van der Waals surface area contributed by atoms with Gasteiger partial charge in [-0.1, -0.05) is 37.0 Å². The van der Waals surface area contributed by atoms with Crippen molar-refractivity contribution in [2.45, 2.75) is 44.6 Å².